The highest BCUT2D eigenvalue weighted by Gasteiger charge is 2.35. The lowest BCUT2D eigenvalue weighted by Crippen LogP contribution is -2.16. The average Bonchev–Trinajstić information content (AvgIpc) is 3.18. The maximum Gasteiger partial charge on any atom is 0.433 e. The number of sulfonamides is 1. The summed E-state index contributed by atoms with van der Waals surface area (Å²) in [6.45, 7) is 1.71. The maximum absolute atomic E-state index is 13.8. The van der Waals surface area contributed by atoms with Crippen LogP contribution in [-0.4, -0.2) is 28.9 Å². The van der Waals surface area contributed by atoms with Gasteiger partial charge in [0.15, 0.2) is 17.0 Å². The van der Waals surface area contributed by atoms with Crippen LogP contribution in [0.2, 0.25) is 5.02 Å². The molecule has 0 bridgehead atoms. The smallest absolute Gasteiger partial charge is 0.321 e. The molecule has 1 amide bonds. The Labute approximate surface area is 196 Å². The molecule has 0 fully saturated rings. The number of nitrogens with one attached hydrogen (secondary N) is 1. The fourth-order valence-corrected chi connectivity index (χ4v) is 3.86. The highest BCUT2D eigenvalue weighted by molar-refractivity contribution is 7.89. The molecule has 3 N–H and O–H groups in total. The van der Waals surface area contributed by atoms with Crippen molar-refractivity contribution in [2.75, 3.05) is 5.32 Å². The molecule has 4 aromatic rings. The summed E-state index contributed by atoms with van der Waals surface area (Å²) in [5.41, 5.74) is -0.548. The van der Waals surface area contributed by atoms with Crippen molar-refractivity contribution in [3.8, 4) is 11.3 Å². The minimum Gasteiger partial charge on any atom is -0.321 e. The monoisotopic (exact) mass is 509 g/mol. The second-order valence-electron chi connectivity index (χ2n) is 7.31. The largest absolute Gasteiger partial charge is 0.433 e. The van der Waals surface area contributed by atoms with Crippen molar-refractivity contribution in [1.29, 1.82) is 0 Å². The van der Waals surface area contributed by atoms with E-state index in [4.69, 9.17) is 16.7 Å². The van der Waals surface area contributed by atoms with Crippen molar-refractivity contribution in [1.82, 2.24) is 14.6 Å². The number of nitrogens with two attached hydrogens (primary N) is 1. The Morgan fingerprint density at radius 1 is 1.12 bits per heavy atom. The van der Waals surface area contributed by atoms with E-state index in [1.807, 2.05) is 0 Å². The van der Waals surface area contributed by atoms with E-state index in [0.717, 1.165) is 18.2 Å². The second-order valence-corrected chi connectivity index (χ2v) is 9.28. The normalized spacial score (nSPS) is 12.2. The van der Waals surface area contributed by atoms with Gasteiger partial charge in [-0.3, -0.25) is 4.79 Å². The van der Waals surface area contributed by atoms with Crippen LogP contribution in [0.5, 0.6) is 0 Å². The Bertz CT molecular complexity index is 1550. The van der Waals surface area contributed by atoms with Gasteiger partial charge in [-0.1, -0.05) is 23.7 Å². The lowest BCUT2D eigenvalue weighted by atomic mass is 10.1. The average molecular weight is 510 g/mol. The zero-order chi connectivity index (χ0) is 24.8. The number of primary sulfonamides is 1. The fraction of sp³-hybridized carbons (Fsp3) is 0.0952. The second kappa shape index (κ2) is 8.38. The molecule has 0 saturated heterocycles. The Balaban J connectivity index is 1.77. The number of nitrogens with zero attached hydrogens (tertiary/aromatic N) is 3. The summed E-state index contributed by atoms with van der Waals surface area (Å²) >= 11 is 6.01. The predicted octanol–water partition coefficient (Wildman–Crippen LogP) is 4.28. The fourth-order valence-electron chi connectivity index (χ4n) is 3.19. The molecule has 0 unspecified atom stereocenters. The van der Waals surface area contributed by atoms with Crippen molar-refractivity contribution in [3.63, 3.8) is 0 Å². The van der Waals surface area contributed by atoms with Crippen molar-refractivity contribution in [3.05, 3.63) is 76.6 Å². The maximum atomic E-state index is 13.8. The first-order valence-electron chi connectivity index (χ1n) is 9.52. The molecular weight excluding hydrogens is 495 g/mol. The molecule has 0 aliphatic rings. The molecule has 2 aromatic heterocycles. The Kier molecular flexibility index (Phi) is 5.84. The highest BCUT2D eigenvalue weighted by Crippen LogP contribution is 2.33. The third-order valence-electron chi connectivity index (χ3n) is 4.82. The summed E-state index contributed by atoms with van der Waals surface area (Å²) < 4.78 is 64.9. The zero-order valence-corrected chi connectivity index (χ0v) is 18.8. The molecule has 0 aliphatic carbocycles. The Morgan fingerprint density at radius 3 is 2.50 bits per heavy atom. The molecule has 0 atom stereocenters. The van der Waals surface area contributed by atoms with Gasteiger partial charge in [-0.25, -0.2) is 23.1 Å². The summed E-state index contributed by atoms with van der Waals surface area (Å²) in [6, 6.07) is 11.7. The van der Waals surface area contributed by atoms with Gasteiger partial charge in [0.25, 0.3) is 5.91 Å². The molecule has 0 saturated carbocycles. The lowest BCUT2D eigenvalue weighted by Gasteiger charge is -2.11. The molecular formula is C21H15ClF3N5O3S. The standard InChI is InChI=1S/C21H15ClF3N5O3S/c1-11-7-12(5-6-15(11)22)16-9-18(21(23,24)25)30-19(28-16)10-17(29-30)20(31)27-13-3-2-4-14(8-13)34(26,32)33/h2-10H,1H3,(H,27,31)(H2,26,32,33). The number of amides is 1. The van der Waals surface area contributed by atoms with Crippen LogP contribution >= 0.6 is 11.6 Å². The van der Waals surface area contributed by atoms with Crippen molar-refractivity contribution >= 4 is 38.9 Å². The number of alkyl halides is 3. The van der Waals surface area contributed by atoms with Crippen LogP contribution in [0.25, 0.3) is 16.9 Å². The van der Waals surface area contributed by atoms with E-state index in [-0.39, 0.29) is 27.6 Å². The summed E-state index contributed by atoms with van der Waals surface area (Å²) in [6.07, 6.45) is -4.79. The minimum atomic E-state index is -4.79. The summed E-state index contributed by atoms with van der Waals surface area (Å²) in [4.78, 5) is 16.6. The van der Waals surface area contributed by atoms with E-state index in [1.54, 1.807) is 19.1 Å². The van der Waals surface area contributed by atoms with Gasteiger partial charge >= 0.3 is 6.18 Å². The first-order valence-corrected chi connectivity index (χ1v) is 11.4. The number of aryl methyl sites for hydroxylation is 1. The summed E-state index contributed by atoms with van der Waals surface area (Å²) in [7, 11) is -4.02. The molecule has 0 spiro atoms. The molecule has 0 aliphatic heterocycles. The number of hydrogen-bond acceptors (Lipinski definition) is 5. The number of fused-ring (bicyclic) bond motifs is 1. The van der Waals surface area contributed by atoms with E-state index < -0.39 is 27.8 Å². The van der Waals surface area contributed by atoms with E-state index in [9.17, 15) is 26.4 Å². The SMILES string of the molecule is Cc1cc(-c2cc(C(F)(F)F)n3nc(C(=O)Nc4cccc(S(N)(=O)=O)c4)cc3n2)ccc1Cl. The molecule has 8 nitrogen and oxygen atoms in total. The van der Waals surface area contributed by atoms with Crippen LogP contribution in [0.15, 0.2) is 59.5 Å². The molecule has 176 valence electrons. The quantitative estimate of drug-likeness (QED) is 0.425. The lowest BCUT2D eigenvalue weighted by molar-refractivity contribution is -0.142. The van der Waals surface area contributed by atoms with Gasteiger partial charge in [-0.2, -0.15) is 18.3 Å². The third kappa shape index (κ3) is 4.74. The number of carbonyl (C=O) groups excluding carboxylic acids is 1. The molecule has 2 heterocycles. The summed E-state index contributed by atoms with van der Waals surface area (Å²) in [5.74, 6) is -0.867. The molecule has 4 rings (SSSR count). The van der Waals surface area contributed by atoms with E-state index >= 15 is 0 Å². The number of rotatable bonds is 4. The number of carbonyl (C=O) groups is 1. The van der Waals surface area contributed by atoms with Gasteiger partial charge in [-0.05, 0) is 48.9 Å². The van der Waals surface area contributed by atoms with Gasteiger partial charge in [0.2, 0.25) is 10.0 Å². The molecule has 2 aromatic carbocycles. The van der Waals surface area contributed by atoms with Crippen LogP contribution in [-0.2, 0) is 16.2 Å². The summed E-state index contributed by atoms with van der Waals surface area (Å²) in [5, 5.41) is 11.7. The third-order valence-corrected chi connectivity index (χ3v) is 6.16. The van der Waals surface area contributed by atoms with E-state index in [0.29, 0.717) is 20.7 Å². The molecule has 13 heteroatoms. The topological polar surface area (TPSA) is 119 Å². The van der Waals surface area contributed by atoms with Crippen molar-refractivity contribution < 1.29 is 26.4 Å². The van der Waals surface area contributed by atoms with Gasteiger partial charge in [-0.15, -0.1) is 0 Å². The van der Waals surface area contributed by atoms with E-state index in [2.05, 4.69) is 15.4 Å². The Morgan fingerprint density at radius 2 is 1.85 bits per heavy atom. The predicted molar refractivity (Wildman–Crippen MR) is 119 cm³/mol. The first kappa shape index (κ1) is 23.7. The first-order chi connectivity index (χ1) is 15.8. The van der Waals surface area contributed by atoms with Gasteiger partial charge in [0, 0.05) is 22.3 Å². The van der Waals surface area contributed by atoms with E-state index in [1.165, 1.54) is 24.3 Å². The van der Waals surface area contributed by atoms with Crippen LogP contribution in [0.3, 0.4) is 0 Å². The van der Waals surface area contributed by atoms with Crippen LogP contribution in [0.4, 0.5) is 18.9 Å². The van der Waals surface area contributed by atoms with Gasteiger partial charge < -0.3 is 5.32 Å². The van der Waals surface area contributed by atoms with Gasteiger partial charge in [0.05, 0.1) is 10.6 Å². The number of benzene rings is 2. The number of hydrogen-bond donors (Lipinski definition) is 2. The molecule has 34 heavy (non-hydrogen) atoms. The minimum absolute atomic E-state index is 0.0207. The zero-order valence-electron chi connectivity index (χ0n) is 17.3. The number of anilines is 1. The van der Waals surface area contributed by atoms with Crippen molar-refractivity contribution in [2.24, 2.45) is 5.14 Å². The van der Waals surface area contributed by atoms with Crippen LogP contribution in [0.1, 0.15) is 21.7 Å². The number of halogens is 4. The molecule has 0 radical (unpaired) electrons. The van der Waals surface area contributed by atoms with Gasteiger partial charge in [0.1, 0.15) is 0 Å². The number of aromatic nitrogens is 3. The van der Waals surface area contributed by atoms with Crippen LogP contribution in [0, 0.1) is 6.92 Å². The highest BCUT2D eigenvalue weighted by atomic mass is 35.5. The van der Waals surface area contributed by atoms with Crippen molar-refractivity contribution in [2.45, 2.75) is 18.0 Å². The van der Waals surface area contributed by atoms with Crippen LogP contribution < -0.4 is 10.5 Å². The Hall–Kier alpha value is -3.48.